The summed E-state index contributed by atoms with van der Waals surface area (Å²) in [5.74, 6) is 0.974. The number of ether oxygens (including phenoxy) is 2. The molecule has 0 bridgehead atoms. The summed E-state index contributed by atoms with van der Waals surface area (Å²) in [6.07, 6.45) is 1.42. The first-order chi connectivity index (χ1) is 8.67. The number of H-pyrrole nitrogens is 1. The van der Waals surface area contributed by atoms with E-state index in [1.165, 1.54) is 14.2 Å². The molecule has 0 aliphatic rings. The van der Waals surface area contributed by atoms with Crippen LogP contribution in [0.25, 0.3) is 10.9 Å². The molecule has 0 saturated carbocycles. The minimum Gasteiger partial charge on any atom is -0.496 e. The lowest BCUT2D eigenvalue weighted by atomic mass is 10.1. The summed E-state index contributed by atoms with van der Waals surface area (Å²) in [6.45, 7) is 1.80. The van der Waals surface area contributed by atoms with E-state index in [0.29, 0.717) is 34.6 Å². The largest absolute Gasteiger partial charge is 0.496 e. The zero-order valence-electron chi connectivity index (χ0n) is 10.4. The predicted molar refractivity (Wildman–Crippen MR) is 66.9 cm³/mol. The Hall–Kier alpha value is -2.30. The minimum absolute atomic E-state index is 0.379. The molecule has 0 radical (unpaired) electrons. The van der Waals surface area contributed by atoms with Crippen molar-refractivity contribution in [2.75, 3.05) is 14.2 Å². The van der Waals surface area contributed by atoms with Gasteiger partial charge in [0, 0.05) is 11.5 Å². The molecule has 1 aromatic heterocycles. The Labute approximate surface area is 104 Å². The number of aldehydes is 2. The van der Waals surface area contributed by atoms with Crippen molar-refractivity contribution < 1.29 is 19.1 Å². The third kappa shape index (κ3) is 1.55. The standard InChI is InChI=1S/C13H13NO4/c1-7-9(6-16)14-13-8(5-15)10(17-2)4-11(18-3)12(7)13/h4-6,14H,1-3H3. The van der Waals surface area contributed by atoms with Crippen LogP contribution in [-0.4, -0.2) is 31.8 Å². The van der Waals surface area contributed by atoms with E-state index in [4.69, 9.17) is 9.47 Å². The average molecular weight is 247 g/mol. The monoisotopic (exact) mass is 247 g/mol. The number of rotatable bonds is 4. The number of nitrogens with one attached hydrogen (secondary N) is 1. The van der Waals surface area contributed by atoms with E-state index in [1.807, 2.05) is 0 Å². The number of methoxy groups -OCH3 is 2. The van der Waals surface area contributed by atoms with E-state index in [0.717, 1.165) is 17.2 Å². The molecular weight excluding hydrogens is 234 g/mol. The van der Waals surface area contributed by atoms with E-state index in [-0.39, 0.29) is 0 Å². The zero-order valence-corrected chi connectivity index (χ0v) is 10.4. The van der Waals surface area contributed by atoms with Gasteiger partial charge in [0.15, 0.2) is 12.6 Å². The summed E-state index contributed by atoms with van der Waals surface area (Å²) in [6, 6.07) is 1.64. The molecule has 1 heterocycles. The van der Waals surface area contributed by atoms with Gasteiger partial charge in [0.05, 0.1) is 31.0 Å². The normalized spacial score (nSPS) is 10.4. The highest BCUT2D eigenvalue weighted by molar-refractivity contribution is 6.06. The Bertz CT molecular complexity index is 628. The molecule has 0 aliphatic carbocycles. The van der Waals surface area contributed by atoms with E-state index in [9.17, 15) is 9.59 Å². The number of hydrogen-bond acceptors (Lipinski definition) is 4. The van der Waals surface area contributed by atoms with Crippen LogP contribution in [0.3, 0.4) is 0 Å². The van der Waals surface area contributed by atoms with Crippen molar-refractivity contribution in [2.45, 2.75) is 6.92 Å². The van der Waals surface area contributed by atoms with Crippen molar-refractivity contribution in [3.8, 4) is 11.5 Å². The third-order valence-electron chi connectivity index (χ3n) is 3.01. The van der Waals surface area contributed by atoms with Crippen LogP contribution in [0.15, 0.2) is 6.07 Å². The molecule has 1 aromatic carbocycles. The fourth-order valence-corrected chi connectivity index (χ4v) is 2.08. The first-order valence-electron chi connectivity index (χ1n) is 5.35. The van der Waals surface area contributed by atoms with Gasteiger partial charge in [0.1, 0.15) is 11.5 Å². The maximum absolute atomic E-state index is 11.2. The minimum atomic E-state index is 0.379. The Morgan fingerprint density at radius 2 is 1.78 bits per heavy atom. The van der Waals surface area contributed by atoms with Gasteiger partial charge >= 0.3 is 0 Å². The summed E-state index contributed by atoms with van der Waals surface area (Å²) >= 11 is 0. The first kappa shape index (κ1) is 12.2. The van der Waals surface area contributed by atoms with Gasteiger partial charge in [-0.1, -0.05) is 0 Å². The van der Waals surface area contributed by atoms with Gasteiger partial charge in [0.25, 0.3) is 0 Å². The van der Waals surface area contributed by atoms with E-state index in [1.54, 1.807) is 13.0 Å². The predicted octanol–water partition coefficient (Wildman–Crippen LogP) is 2.12. The summed E-state index contributed by atoms with van der Waals surface area (Å²) in [5.41, 5.74) is 2.12. The van der Waals surface area contributed by atoms with Gasteiger partial charge in [-0.2, -0.15) is 0 Å². The Morgan fingerprint density at radius 3 is 2.28 bits per heavy atom. The molecule has 94 valence electrons. The number of carbonyl (C=O) groups is 2. The van der Waals surface area contributed by atoms with Crippen LogP contribution >= 0.6 is 0 Å². The fourth-order valence-electron chi connectivity index (χ4n) is 2.08. The molecule has 0 unspecified atom stereocenters. The molecule has 0 saturated heterocycles. The maximum atomic E-state index is 11.2. The molecule has 2 aromatic rings. The van der Waals surface area contributed by atoms with E-state index in [2.05, 4.69) is 4.98 Å². The molecule has 2 rings (SSSR count). The van der Waals surface area contributed by atoms with Crippen molar-refractivity contribution in [3.05, 3.63) is 22.9 Å². The fraction of sp³-hybridized carbons (Fsp3) is 0.231. The number of aryl methyl sites for hydroxylation is 1. The highest BCUT2D eigenvalue weighted by Crippen LogP contribution is 2.37. The Balaban J connectivity index is 2.97. The van der Waals surface area contributed by atoms with Crippen LogP contribution in [0.5, 0.6) is 11.5 Å². The van der Waals surface area contributed by atoms with Crippen molar-refractivity contribution in [1.29, 1.82) is 0 Å². The van der Waals surface area contributed by atoms with Gasteiger partial charge in [-0.15, -0.1) is 0 Å². The zero-order chi connectivity index (χ0) is 13.3. The molecular formula is C13H13NO4. The highest BCUT2D eigenvalue weighted by atomic mass is 16.5. The Morgan fingerprint density at radius 1 is 1.11 bits per heavy atom. The quantitative estimate of drug-likeness (QED) is 0.840. The molecule has 0 fully saturated rings. The van der Waals surface area contributed by atoms with E-state index >= 15 is 0 Å². The van der Waals surface area contributed by atoms with Crippen LogP contribution in [0.4, 0.5) is 0 Å². The van der Waals surface area contributed by atoms with Gasteiger partial charge in [-0.05, 0) is 12.5 Å². The molecule has 0 amide bonds. The van der Waals surface area contributed by atoms with Crippen molar-refractivity contribution in [1.82, 2.24) is 4.98 Å². The molecule has 5 heteroatoms. The van der Waals surface area contributed by atoms with Crippen molar-refractivity contribution >= 4 is 23.5 Å². The molecule has 18 heavy (non-hydrogen) atoms. The number of aromatic amines is 1. The number of aromatic nitrogens is 1. The van der Waals surface area contributed by atoms with E-state index < -0.39 is 0 Å². The average Bonchev–Trinajstić information content (AvgIpc) is 2.74. The molecule has 0 atom stereocenters. The second kappa shape index (κ2) is 4.52. The smallest absolute Gasteiger partial charge is 0.166 e. The van der Waals surface area contributed by atoms with Crippen LogP contribution in [-0.2, 0) is 0 Å². The highest BCUT2D eigenvalue weighted by Gasteiger charge is 2.18. The second-order valence-corrected chi connectivity index (χ2v) is 3.84. The van der Waals surface area contributed by atoms with Crippen LogP contribution in [0.2, 0.25) is 0 Å². The third-order valence-corrected chi connectivity index (χ3v) is 3.01. The summed E-state index contributed by atoms with van der Waals surface area (Å²) < 4.78 is 10.4. The van der Waals surface area contributed by atoms with Crippen LogP contribution in [0.1, 0.15) is 26.4 Å². The lowest BCUT2D eigenvalue weighted by Crippen LogP contribution is -1.94. The lowest BCUT2D eigenvalue weighted by Gasteiger charge is -2.09. The van der Waals surface area contributed by atoms with Gasteiger partial charge in [0.2, 0.25) is 0 Å². The maximum Gasteiger partial charge on any atom is 0.166 e. The molecule has 5 nitrogen and oxygen atoms in total. The molecule has 1 N–H and O–H groups in total. The van der Waals surface area contributed by atoms with Gasteiger partial charge < -0.3 is 14.5 Å². The SMILES string of the molecule is COc1cc(OC)c2c(C)c(C=O)[nH]c2c1C=O. The van der Waals surface area contributed by atoms with Crippen molar-refractivity contribution in [3.63, 3.8) is 0 Å². The van der Waals surface area contributed by atoms with Crippen LogP contribution < -0.4 is 9.47 Å². The second-order valence-electron chi connectivity index (χ2n) is 3.84. The number of carbonyl (C=O) groups excluding carboxylic acids is 2. The van der Waals surface area contributed by atoms with Gasteiger partial charge in [-0.3, -0.25) is 9.59 Å². The van der Waals surface area contributed by atoms with Gasteiger partial charge in [-0.25, -0.2) is 0 Å². The topological polar surface area (TPSA) is 68.4 Å². The summed E-state index contributed by atoms with van der Waals surface area (Å²) in [5, 5.41) is 0.725. The number of hydrogen-bond donors (Lipinski definition) is 1. The Kier molecular flexibility index (Phi) is 3.06. The lowest BCUT2D eigenvalue weighted by molar-refractivity contribution is 0.111. The molecule has 0 aliphatic heterocycles. The summed E-state index contributed by atoms with van der Waals surface area (Å²) in [4.78, 5) is 25.1. The van der Waals surface area contributed by atoms with Crippen LogP contribution in [0, 0.1) is 6.92 Å². The first-order valence-corrected chi connectivity index (χ1v) is 5.35. The summed E-state index contributed by atoms with van der Waals surface area (Å²) in [7, 11) is 3.01. The van der Waals surface area contributed by atoms with Crippen molar-refractivity contribution in [2.24, 2.45) is 0 Å². The number of benzene rings is 1. The number of fused-ring (bicyclic) bond motifs is 1. The molecule has 0 spiro atoms.